The molecule has 0 fully saturated rings. The Bertz CT molecular complexity index is 1360. The number of methoxy groups -OCH3 is 1. The Hall–Kier alpha value is -4.79. The van der Waals surface area contributed by atoms with Gasteiger partial charge in [0.05, 0.1) is 24.7 Å². The van der Waals surface area contributed by atoms with Crippen molar-refractivity contribution in [3.05, 3.63) is 100 Å². The Morgan fingerprint density at radius 1 is 1.09 bits per heavy atom. The zero-order valence-corrected chi connectivity index (χ0v) is 18.2. The first kappa shape index (κ1) is 22.4. The highest BCUT2D eigenvalue weighted by Crippen LogP contribution is 2.31. The summed E-state index contributed by atoms with van der Waals surface area (Å²) < 4.78 is 11.0. The van der Waals surface area contributed by atoms with Crippen LogP contribution in [-0.2, 0) is 11.2 Å². The lowest BCUT2D eigenvalue weighted by Gasteiger charge is -2.10. The molecule has 0 spiro atoms. The summed E-state index contributed by atoms with van der Waals surface area (Å²) >= 11 is 0. The minimum absolute atomic E-state index is 0.131. The first-order valence-corrected chi connectivity index (χ1v) is 10.3. The quantitative estimate of drug-likeness (QED) is 0.235. The smallest absolute Gasteiger partial charge is 0.287 e. The highest BCUT2D eigenvalue weighted by molar-refractivity contribution is 5.90. The van der Waals surface area contributed by atoms with Gasteiger partial charge in [0.1, 0.15) is 6.20 Å². The number of carbonyl (C=O) groups excluding carboxylic acids is 1. The van der Waals surface area contributed by atoms with Crippen molar-refractivity contribution in [3.8, 4) is 17.4 Å². The molecule has 0 unspecified atom stereocenters. The van der Waals surface area contributed by atoms with E-state index >= 15 is 0 Å². The van der Waals surface area contributed by atoms with E-state index in [1.54, 1.807) is 18.2 Å². The summed E-state index contributed by atoms with van der Waals surface area (Å²) in [7, 11) is 1.48. The number of hydrogen-bond donors (Lipinski definition) is 1. The molecule has 0 aliphatic rings. The van der Waals surface area contributed by atoms with Crippen molar-refractivity contribution in [2.75, 3.05) is 7.11 Å². The SMILES string of the molecule is COc1cc(/C=N/NC(=O)Cc2cccc3ccccc23)ccc1Oc1ccc([N+](=O)[O-])cn1. The Kier molecular flexibility index (Phi) is 6.73. The fourth-order valence-corrected chi connectivity index (χ4v) is 3.34. The van der Waals surface area contributed by atoms with Crippen LogP contribution in [0.15, 0.2) is 84.1 Å². The maximum atomic E-state index is 12.4. The van der Waals surface area contributed by atoms with E-state index in [9.17, 15) is 14.9 Å². The third-order valence-electron chi connectivity index (χ3n) is 4.97. The summed E-state index contributed by atoms with van der Waals surface area (Å²) in [6.07, 6.45) is 2.82. The number of rotatable bonds is 8. The fraction of sp³-hybridized carbons (Fsp3) is 0.0800. The first-order chi connectivity index (χ1) is 16.5. The average molecular weight is 456 g/mol. The largest absolute Gasteiger partial charge is 0.493 e. The van der Waals surface area contributed by atoms with Crippen molar-refractivity contribution in [2.24, 2.45) is 5.10 Å². The van der Waals surface area contributed by atoms with E-state index < -0.39 is 4.92 Å². The van der Waals surface area contributed by atoms with Crippen LogP contribution in [-0.4, -0.2) is 29.1 Å². The molecule has 1 aromatic heterocycles. The van der Waals surface area contributed by atoms with Crippen LogP contribution in [0.4, 0.5) is 5.69 Å². The molecule has 170 valence electrons. The van der Waals surface area contributed by atoms with Crippen molar-refractivity contribution in [1.82, 2.24) is 10.4 Å². The summed E-state index contributed by atoms with van der Waals surface area (Å²) in [6.45, 7) is 0. The van der Waals surface area contributed by atoms with E-state index in [4.69, 9.17) is 9.47 Å². The van der Waals surface area contributed by atoms with Crippen LogP contribution >= 0.6 is 0 Å². The van der Waals surface area contributed by atoms with E-state index in [2.05, 4.69) is 15.5 Å². The molecule has 0 aliphatic heterocycles. The summed E-state index contributed by atoms with van der Waals surface area (Å²) in [6, 6.07) is 21.5. The summed E-state index contributed by atoms with van der Waals surface area (Å²) in [5.74, 6) is 0.738. The van der Waals surface area contributed by atoms with Crippen LogP contribution in [0.3, 0.4) is 0 Å². The van der Waals surface area contributed by atoms with Gasteiger partial charge >= 0.3 is 0 Å². The highest BCUT2D eigenvalue weighted by Gasteiger charge is 2.10. The normalized spacial score (nSPS) is 10.9. The number of aromatic nitrogens is 1. The predicted molar refractivity (Wildman–Crippen MR) is 127 cm³/mol. The molecular formula is C25H20N4O5. The highest BCUT2D eigenvalue weighted by atomic mass is 16.6. The third kappa shape index (κ3) is 5.33. The second-order valence-electron chi connectivity index (χ2n) is 7.23. The minimum Gasteiger partial charge on any atom is -0.493 e. The lowest BCUT2D eigenvalue weighted by molar-refractivity contribution is -0.385. The van der Waals surface area contributed by atoms with E-state index in [0.717, 1.165) is 22.5 Å². The maximum absolute atomic E-state index is 12.4. The molecule has 0 atom stereocenters. The minimum atomic E-state index is -0.535. The van der Waals surface area contributed by atoms with Gasteiger partial charge in [0.25, 0.3) is 5.69 Å². The van der Waals surface area contributed by atoms with Gasteiger partial charge in [0.15, 0.2) is 11.5 Å². The van der Waals surface area contributed by atoms with Crippen LogP contribution in [0.2, 0.25) is 0 Å². The van der Waals surface area contributed by atoms with Crippen LogP contribution < -0.4 is 14.9 Å². The topological polar surface area (TPSA) is 116 Å². The van der Waals surface area contributed by atoms with Crippen molar-refractivity contribution < 1.29 is 19.2 Å². The van der Waals surface area contributed by atoms with Crippen LogP contribution in [0.5, 0.6) is 17.4 Å². The van der Waals surface area contributed by atoms with E-state index in [-0.39, 0.29) is 23.9 Å². The molecule has 34 heavy (non-hydrogen) atoms. The molecule has 0 saturated heterocycles. The summed E-state index contributed by atoms with van der Waals surface area (Å²) in [5, 5.41) is 16.9. The Balaban J connectivity index is 1.40. The number of hydrogen-bond acceptors (Lipinski definition) is 7. The number of pyridine rings is 1. The molecule has 4 aromatic rings. The van der Waals surface area contributed by atoms with Gasteiger partial charge in [0.2, 0.25) is 11.8 Å². The lowest BCUT2D eigenvalue weighted by atomic mass is 10.0. The van der Waals surface area contributed by atoms with Crippen molar-refractivity contribution in [3.63, 3.8) is 0 Å². The average Bonchev–Trinajstić information content (AvgIpc) is 2.85. The number of fused-ring (bicyclic) bond motifs is 1. The molecule has 9 heteroatoms. The monoisotopic (exact) mass is 456 g/mol. The van der Waals surface area contributed by atoms with Crippen molar-refractivity contribution in [2.45, 2.75) is 6.42 Å². The van der Waals surface area contributed by atoms with Gasteiger partial charge in [0, 0.05) is 12.1 Å². The number of carbonyl (C=O) groups is 1. The lowest BCUT2D eigenvalue weighted by Crippen LogP contribution is -2.19. The molecule has 1 N–H and O–H groups in total. The number of benzene rings is 3. The summed E-state index contributed by atoms with van der Waals surface area (Å²) in [4.78, 5) is 26.5. The Morgan fingerprint density at radius 2 is 1.91 bits per heavy atom. The molecule has 0 saturated carbocycles. The second-order valence-corrected chi connectivity index (χ2v) is 7.23. The zero-order chi connectivity index (χ0) is 23.9. The van der Waals surface area contributed by atoms with Crippen molar-refractivity contribution in [1.29, 1.82) is 0 Å². The van der Waals surface area contributed by atoms with Gasteiger partial charge in [-0.15, -0.1) is 0 Å². The van der Waals surface area contributed by atoms with Gasteiger partial charge in [-0.2, -0.15) is 5.10 Å². The van der Waals surface area contributed by atoms with E-state index in [1.807, 2.05) is 42.5 Å². The van der Waals surface area contributed by atoms with E-state index in [1.165, 1.54) is 25.5 Å². The molecule has 3 aromatic carbocycles. The predicted octanol–water partition coefficient (Wildman–Crippen LogP) is 4.64. The molecule has 1 heterocycles. The van der Waals surface area contributed by atoms with Gasteiger partial charge in [-0.3, -0.25) is 14.9 Å². The van der Waals surface area contributed by atoms with Gasteiger partial charge < -0.3 is 9.47 Å². The standard InChI is InChI=1S/C25H20N4O5/c1-33-23-13-17(9-11-22(23)34-25-12-10-20(16-26-25)29(31)32)15-27-28-24(30)14-19-7-4-6-18-5-2-3-8-21(18)19/h2-13,15-16H,14H2,1H3,(H,28,30)/b27-15+. The number of ether oxygens (including phenoxy) is 2. The van der Waals surface area contributed by atoms with Crippen LogP contribution in [0.25, 0.3) is 10.8 Å². The number of nitrogens with zero attached hydrogens (tertiary/aromatic N) is 3. The molecule has 4 rings (SSSR count). The number of nitrogens with one attached hydrogen (secondary N) is 1. The van der Waals surface area contributed by atoms with Crippen LogP contribution in [0, 0.1) is 10.1 Å². The number of amides is 1. The van der Waals surface area contributed by atoms with Gasteiger partial charge in [-0.25, -0.2) is 10.4 Å². The molecule has 0 radical (unpaired) electrons. The molecule has 0 aliphatic carbocycles. The fourth-order valence-electron chi connectivity index (χ4n) is 3.34. The third-order valence-corrected chi connectivity index (χ3v) is 4.97. The molecular weight excluding hydrogens is 436 g/mol. The molecule has 1 amide bonds. The van der Waals surface area contributed by atoms with Crippen molar-refractivity contribution >= 4 is 28.6 Å². The van der Waals surface area contributed by atoms with Gasteiger partial charge in [-0.1, -0.05) is 42.5 Å². The number of hydrazone groups is 1. The molecule has 9 nitrogen and oxygen atoms in total. The first-order valence-electron chi connectivity index (χ1n) is 10.3. The van der Waals surface area contributed by atoms with Gasteiger partial charge in [-0.05, 0) is 40.1 Å². The van der Waals surface area contributed by atoms with E-state index in [0.29, 0.717) is 17.1 Å². The van der Waals surface area contributed by atoms with Crippen LogP contribution in [0.1, 0.15) is 11.1 Å². The summed E-state index contributed by atoms with van der Waals surface area (Å²) in [5.41, 5.74) is 4.01. The maximum Gasteiger partial charge on any atom is 0.287 e. The number of nitro groups is 1. The Morgan fingerprint density at radius 3 is 2.68 bits per heavy atom. The zero-order valence-electron chi connectivity index (χ0n) is 18.2. The second kappa shape index (κ2) is 10.2. The Labute approximate surface area is 194 Å². The molecule has 0 bridgehead atoms.